The Labute approximate surface area is 151 Å². The van der Waals surface area contributed by atoms with Gasteiger partial charge >= 0.3 is 5.97 Å². The van der Waals surface area contributed by atoms with Crippen LogP contribution >= 0.6 is 0 Å². The van der Waals surface area contributed by atoms with E-state index < -0.39 is 5.97 Å². The number of rotatable bonds is 4. The molecule has 1 saturated heterocycles. The van der Waals surface area contributed by atoms with Crippen LogP contribution in [0, 0.1) is 5.82 Å². The number of hydrogen-bond donors (Lipinski definition) is 0. The molecule has 1 fully saturated rings. The minimum atomic E-state index is -0.682. The predicted octanol–water partition coefficient (Wildman–Crippen LogP) is 4.04. The van der Waals surface area contributed by atoms with Crippen LogP contribution in [0.5, 0.6) is 0 Å². The van der Waals surface area contributed by atoms with Gasteiger partial charge in [0.25, 0.3) is 5.91 Å². The third kappa shape index (κ3) is 4.71. The molecule has 0 spiro atoms. The third-order valence-electron chi connectivity index (χ3n) is 4.47. The molecule has 0 aliphatic carbocycles. The molecule has 2 heterocycles. The van der Waals surface area contributed by atoms with Crippen molar-refractivity contribution in [2.75, 3.05) is 19.7 Å². The van der Waals surface area contributed by atoms with Crippen LogP contribution < -0.4 is 0 Å². The summed E-state index contributed by atoms with van der Waals surface area (Å²) in [6.45, 7) is 1.14. The average Bonchev–Trinajstić information content (AvgIpc) is 3.10. The number of esters is 1. The molecule has 1 aliphatic rings. The van der Waals surface area contributed by atoms with Crippen molar-refractivity contribution in [3.05, 3.63) is 48.0 Å². The number of nitrogens with zero attached hydrogens (tertiary/aromatic N) is 1. The van der Waals surface area contributed by atoms with Gasteiger partial charge < -0.3 is 14.1 Å². The topological polar surface area (TPSA) is 59.8 Å². The molecule has 1 aliphatic heterocycles. The van der Waals surface area contributed by atoms with Gasteiger partial charge in [-0.15, -0.1) is 0 Å². The fourth-order valence-corrected chi connectivity index (χ4v) is 3.00. The van der Waals surface area contributed by atoms with E-state index in [0.717, 1.165) is 25.7 Å². The molecule has 1 amide bonds. The van der Waals surface area contributed by atoms with E-state index in [9.17, 15) is 14.0 Å². The van der Waals surface area contributed by atoms with Crippen LogP contribution in [0.4, 0.5) is 4.39 Å². The van der Waals surface area contributed by atoms with Gasteiger partial charge in [-0.2, -0.15) is 0 Å². The maximum Gasteiger partial charge on any atom is 0.374 e. The van der Waals surface area contributed by atoms with Gasteiger partial charge in [-0.3, -0.25) is 4.79 Å². The Balaban J connectivity index is 1.54. The second-order valence-electron chi connectivity index (χ2n) is 6.40. The summed E-state index contributed by atoms with van der Waals surface area (Å²) in [5, 5.41) is 0. The fraction of sp³-hybridized carbons (Fsp3) is 0.400. The minimum Gasteiger partial charge on any atom is -0.450 e. The predicted molar refractivity (Wildman–Crippen MR) is 94.0 cm³/mol. The SMILES string of the molecule is O=C(OCC(=O)N1CCCCCCC1)c1ccc(-c2ccc(F)cc2)o1. The lowest BCUT2D eigenvalue weighted by Crippen LogP contribution is -2.36. The first-order chi connectivity index (χ1) is 12.6. The molecule has 5 nitrogen and oxygen atoms in total. The fourth-order valence-electron chi connectivity index (χ4n) is 3.00. The number of ether oxygens (including phenoxy) is 1. The summed E-state index contributed by atoms with van der Waals surface area (Å²) in [7, 11) is 0. The highest BCUT2D eigenvalue weighted by molar-refractivity contribution is 5.89. The van der Waals surface area contributed by atoms with Crippen molar-refractivity contribution in [1.82, 2.24) is 4.90 Å². The van der Waals surface area contributed by atoms with Gasteiger partial charge in [0.05, 0.1) is 0 Å². The van der Waals surface area contributed by atoms with Crippen molar-refractivity contribution < 1.29 is 23.1 Å². The average molecular weight is 359 g/mol. The summed E-state index contributed by atoms with van der Waals surface area (Å²) in [4.78, 5) is 26.1. The molecule has 2 aromatic rings. The van der Waals surface area contributed by atoms with E-state index in [1.54, 1.807) is 23.1 Å². The largest absolute Gasteiger partial charge is 0.450 e. The summed E-state index contributed by atoms with van der Waals surface area (Å²) in [5.41, 5.74) is 0.655. The van der Waals surface area contributed by atoms with Gasteiger partial charge in [0.15, 0.2) is 6.61 Å². The molecular formula is C20H22FNO4. The lowest BCUT2D eigenvalue weighted by Gasteiger charge is -2.24. The van der Waals surface area contributed by atoms with Gasteiger partial charge in [-0.25, -0.2) is 9.18 Å². The van der Waals surface area contributed by atoms with Crippen molar-refractivity contribution in [3.63, 3.8) is 0 Å². The Kier molecular flexibility index (Phi) is 6.04. The maximum atomic E-state index is 13.0. The summed E-state index contributed by atoms with van der Waals surface area (Å²) < 4.78 is 23.5. The number of likely N-dealkylation sites (tertiary alicyclic amines) is 1. The maximum absolute atomic E-state index is 13.0. The van der Waals surface area contributed by atoms with Gasteiger partial charge in [0.1, 0.15) is 11.6 Å². The number of carbonyl (C=O) groups is 2. The highest BCUT2D eigenvalue weighted by atomic mass is 19.1. The van der Waals surface area contributed by atoms with Gasteiger partial charge in [0.2, 0.25) is 5.76 Å². The van der Waals surface area contributed by atoms with E-state index >= 15 is 0 Å². The lowest BCUT2D eigenvalue weighted by atomic mass is 10.1. The van der Waals surface area contributed by atoms with Gasteiger partial charge in [-0.1, -0.05) is 19.3 Å². The zero-order valence-corrected chi connectivity index (χ0v) is 14.6. The zero-order valence-electron chi connectivity index (χ0n) is 14.6. The second kappa shape index (κ2) is 8.65. The van der Waals surface area contributed by atoms with E-state index in [0.29, 0.717) is 24.4 Å². The first-order valence-corrected chi connectivity index (χ1v) is 8.94. The smallest absolute Gasteiger partial charge is 0.374 e. The minimum absolute atomic E-state index is 0.0183. The number of carbonyl (C=O) groups excluding carboxylic acids is 2. The Morgan fingerprint density at radius 2 is 1.62 bits per heavy atom. The summed E-state index contributed by atoms with van der Waals surface area (Å²) >= 11 is 0. The van der Waals surface area contributed by atoms with E-state index in [4.69, 9.17) is 9.15 Å². The van der Waals surface area contributed by atoms with Crippen LogP contribution in [-0.4, -0.2) is 36.5 Å². The number of halogens is 1. The molecule has 0 saturated carbocycles. The highest BCUT2D eigenvalue weighted by Gasteiger charge is 2.19. The van der Waals surface area contributed by atoms with Crippen molar-refractivity contribution in [2.24, 2.45) is 0 Å². The van der Waals surface area contributed by atoms with Crippen LogP contribution in [-0.2, 0) is 9.53 Å². The monoisotopic (exact) mass is 359 g/mol. The summed E-state index contributed by atoms with van der Waals surface area (Å²) in [6.07, 6.45) is 5.44. The van der Waals surface area contributed by atoms with E-state index in [1.165, 1.54) is 24.6 Å². The normalized spacial score (nSPS) is 15.2. The van der Waals surface area contributed by atoms with Gasteiger partial charge in [0, 0.05) is 18.7 Å². The second-order valence-corrected chi connectivity index (χ2v) is 6.40. The molecule has 26 heavy (non-hydrogen) atoms. The molecule has 138 valence electrons. The molecule has 0 unspecified atom stereocenters. The summed E-state index contributed by atoms with van der Waals surface area (Å²) in [6, 6.07) is 8.87. The van der Waals surface area contributed by atoms with Crippen molar-refractivity contribution in [3.8, 4) is 11.3 Å². The van der Waals surface area contributed by atoms with Crippen molar-refractivity contribution >= 4 is 11.9 Å². The van der Waals surface area contributed by atoms with E-state index in [1.807, 2.05) is 0 Å². The molecule has 0 bridgehead atoms. The van der Waals surface area contributed by atoms with E-state index in [2.05, 4.69) is 0 Å². The Hall–Kier alpha value is -2.63. The first kappa shape index (κ1) is 18.2. The Morgan fingerprint density at radius 3 is 2.31 bits per heavy atom. The van der Waals surface area contributed by atoms with Gasteiger partial charge in [-0.05, 0) is 49.2 Å². The molecule has 1 aromatic carbocycles. The summed E-state index contributed by atoms with van der Waals surface area (Å²) in [5.74, 6) is -0.746. The molecule has 3 rings (SSSR count). The quantitative estimate of drug-likeness (QED) is 0.773. The Morgan fingerprint density at radius 1 is 0.962 bits per heavy atom. The van der Waals surface area contributed by atoms with Crippen LogP contribution in [0.15, 0.2) is 40.8 Å². The van der Waals surface area contributed by atoms with E-state index in [-0.39, 0.29) is 24.1 Å². The number of furan rings is 1. The van der Waals surface area contributed by atoms with Crippen molar-refractivity contribution in [2.45, 2.75) is 32.1 Å². The van der Waals surface area contributed by atoms with Crippen molar-refractivity contribution in [1.29, 1.82) is 0 Å². The van der Waals surface area contributed by atoms with Crippen LogP contribution in [0.2, 0.25) is 0 Å². The number of hydrogen-bond acceptors (Lipinski definition) is 4. The molecule has 0 radical (unpaired) electrons. The molecular weight excluding hydrogens is 337 g/mol. The standard InChI is InChI=1S/C20H22FNO4/c21-16-8-6-15(7-9-16)17-10-11-18(26-17)20(24)25-14-19(23)22-12-4-2-1-3-5-13-22/h6-11H,1-5,12-14H2. The first-order valence-electron chi connectivity index (χ1n) is 8.94. The highest BCUT2D eigenvalue weighted by Crippen LogP contribution is 2.22. The molecule has 0 atom stereocenters. The van der Waals surface area contributed by atoms with Crippen LogP contribution in [0.25, 0.3) is 11.3 Å². The number of amides is 1. The lowest BCUT2D eigenvalue weighted by molar-refractivity contribution is -0.134. The Bertz CT molecular complexity index is 745. The van der Waals surface area contributed by atoms with Crippen LogP contribution in [0.3, 0.4) is 0 Å². The van der Waals surface area contributed by atoms with Crippen LogP contribution in [0.1, 0.15) is 42.7 Å². The third-order valence-corrected chi connectivity index (χ3v) is 4.47. The molecule has 0 N–H and O–H groups in total. The molecule has 6 heteroatoms. The zero-order chi connectivity index (χ0) is 18.4. The molecule has 1 aromatic heterocycles. The number of benzene rings is 1.